The number of halogens is 1. The lowest BCUT2D eigenvalue weighted by molar-refractivity contribution is 0.187. The Bertz CT molecular complexity index is 1180. The van der Waals surface area contributed by atoms with E-state index in [0.717, 1.165) is 43.5 Å². The van der Waals surface area contributed by atoms with Crippen molar-refractivity contribution in [1.82, 2.24) is 9.62 Å². The van der Waals surface area contributed by atoms with Crippen LogP contribution < -0.4 is 14.5 Å². The van der Waals surface area contributed by atoms with E-state index in [9.17, 15) is 12.8 Å². The van der Waals surface area contributed by atoms with Gasteiger partial charge in [0.2, 0.25) is 10.0 Å². The molecule has 0 bridgehead atoms. The molecule has 1 saturated heterocycles. The first-order chi connectivity index (χ1) is 16.3. The summed E-state index contributed by atoms with van der Waals surface area (Å²) in [4.78, 5) is 6.63. The highest BCUT2D eigenvalue weighted by Gasteiger charge is 2.27. The predicted octanol–water partition coefficient (Wildman–Crippen LogP) is 3.73. The topological polar surface area (TPSA) is 55.9 Å². The molecule has 1 fully saturated rings. The molecule has 3 aromatic carbocycles. The number of rotatable bonds is 8. The molecule has 1 aliphatic heterocycles. The Morgan fingerprint density at radius 2 is 1.59 bits per heavy atom. The van der Waals surface area contributed by atoms with Crippen LogP contribution in [0, 0.1) is 5.82 Å². The summed E-state index contributed by atoms with van der Waals surface area (Å²) in [5.74, 6) is -0.573. The molecule has 1 aliphatic rings. The molecule has 3 aromatic rings. The second kappa shape index (κ2) is 10.5. The Morgan fingerprint density at radius 1 is 0.912 bits per heavy atom. The van der Waals surface area contributed by atoms with Gasteiger partial charge < -0.3 is 9.80 Å². The molecule has 8 heteroatoms. The van der Waals surface area contributed by atoms with Crippen LogP contribution in [-0.4, -0.2) is 60.1 Å². The van der Waals surface area contributed by atoms with Gasteiger partial charge in [-0.3, -0.25) is 4.90 Å². The number of sulfonamides is 1. The van der Waals surface area contributed by atoms with Crippen molar-refractivity contribution in [3.05, 3.63) is 90.2 Å². The third kappa shape index (κ3) is 5.75. The lowest BCUT2D eigenvalue weighted by atomic mass is 10.0. The third-order valence-electron chi connectivity index (χ3n) is 6.24. The predicted molar refractivity (Wildman–Crippen MR) is 135 cm³/mol. The summed E-state index contributed by atoms with van der Waals surface area (Å²) in [5, 5.41) is 0. The van der Waals surface area contributed by atoms with Crippen molar-refractivity contribution >= 4 is 21.4 Å². The lowest BCUT2D eigenvalue weighted by Crippen LogP contribution is -2.49. The van der Waals surface area contributed by atoms with Crippen molar-refractivity contribution in [3.63, 3.8) is 0 Å². The maximum absolute atomic E-state index is 13.6. The Hall–Kier alpha value is -2.94. The first-order valence-electron chi connectivity index (χ1n) is 11.4. The van der Waals surface area contributed by atoms with Gasteiger partial charge in [0.1, 0.15) is 5.82 Å². The molecule has 0 amide bonds. The Labute approximate surface area is 201 Å². The molecule has 1 atom stereocenters. The summed E-state index contributed by atoms with van der Waals surface area (Å²) < 4.78 is 42.1. The molecule has 0 aliphatic carbocycles. The maximum atomic E-state index is 13.6. The average Bonchev–Trinajstić information content (AvgIpc) is 2.85. The molecule has 6 nitrogen and oxygen atoms in total. The van der Waals surface area contributed by atoms with Crippen LogP contribution in [-0.2, 0) is 10.0 Å². The summed E-state index contributed by atoms with van der Waals surface area (Å²) in [6.45, 7) is 3.51. The minimum Gasteiger partial charge on any atom is -0.378 e. The fourth-order valence-corrected chi connectivity index (χ4v) is 5.36. The molecule has 4 rings (SSSR count). The second-order valence-electron chi connectivity index (χ2n) is 8.67. The summed E-state index contributed by atoms with van der Waals surface area (Å²) >= 11 is 0. The standard InChI is InChI=1S/C26H31FN4O2S/c1-29(2)23-13-11-21(12-14-23)26(20-28-34(32,33)25-10-6-7-22(27)19-25)31-17-15-30(16-18-31)24-8-4-3-5-9-24/h3-14,19,26,28H,15-18,20H2,1-2H3. The maximum Gasteiger partial charge on any atom is 0.240 e. The van der Waals surface area contributed by atoms with Gasteiger partial charge in [-0.25, -0.2) is 17.5 Å². The van der Waals surface area contributed by atoms with Crippen molar-refractivity contribution in [3.8, 4) is 0 Å². The van der Waals surface area contributed by atoms with E-state index < -0.39 is 15.8 Å². The SMILES string of the molecule is CN(C)c1ccc(C(CNS(=O)(=O)c2cccc(F)c2)N2CCN(c3ccccc3)CC2)cc1. The van der Waals surface area contributed by atoms with E-state index in [1.54, 1.807) is 0 Å². The van der Waals surface area contributed by atoms with Crippen molar-refractivity contribution in [1.29, 1.82) is 0 Å². The van der Waals surface area contributed by atoms with Crippen molar-refractivity contribution < 1.29 is 12.8 Å². The van der Waals surface area contributed by atoms with Gasteiger partial charge in [-0.05, 0) is 48.0 Å². The largest absolute Gasteiger partial charge is 0.378 e. The number of hydrogen-bond acceptors (Lipinski definition) is 5. The van der Waals surface area contributed by atoms with Crippen molar-refractivity contribution in [2.24, 2.45) is 0 Å². The number of benzene rings is 3. The highest BCUT2D eigenvalue weighted by atomic mass is 32.2. The number of piperazine rings is 1. The zero-order valence-corrected chi connectivity index (χ0v) is 20.4. The van der Waals surface area contributed by atoms with E-state index in [2.05, 4.69) is 38.8 Å². The zero-order valence-electron chi connectivity index (χ0n) is 19.6. The van der Waals surface area contributed by atoms with Crippen molar-refractivity contribution in [2.45, 2.75) is 10.9 Å². The molecule has 1 unspecified atom stereocenters. The van der Waals surface area contributed by atoms with Gasteiger partial charge in [0.05, 0.1) is 4.90 Å². The summed E-state index contributed by atoms with van der Waals surface area (Å²) in [7, 11) is 0.142. The second-order valence-corrected chi connectivity index (χ2v) is 10.4. The van der Waals surface area contributed by atoms with Gasteiger partial charge in [0.15, 0.2) is 0 Å². The Balaban J connectivity index is 1.52. The number of para-hydroxylation sites is 1. The number of nitrogens with zero attached hydrogens (tertiary/aromatic N) is 3. The third-order valence-corrected chi connectivity index (χ3v) is 7.66. The Kier molecular flexibility index (Phi) is 7.50. The normalized spacial score (nSPS) is 15.8. The van der Waals surface area contributed by atoms with E-state index in [0.29, 0.717) is 0 Å². The molecule has 1 N–H and O–H groups in total. The molecular weight excluding hydrogens is 451 g/mol. The van der Waals surface area contributed by atoms with Crippen LogP contribution in [0.1, 0.15) is 11.6 Å². The van der Waals surface area contributed by atoms with Gasteiger partial charge in [0, 0.05) is 64.2 Å². The van der Waals surface area contributed by atoms with E-state index in [1.807, 2.05) is 49.3 Å². The highest BCUT2D eigenvalue weighted by Crippen LogP contribution is 2.26. The molecule has 180 valence electrons. The van der Waals surface area contributed by atoms with Gasteiger partial charge in [0.25, 0.3) is 0 Å². The van der Waals surface area contributed by atoms with Gasteiger partial charge in [-0.2, -0.15) is 0 Å². The van der Waals surface area contributed by atoms with Crippen LogP contribution in [0.5, 0.6) is 0 Å². The zero-order chi connectivity index (χ0) is 24.1. The van der Waals surface area contributed by atoms with Gasteiger partial charge >= 0.3 is 0 Å². The van der Waals surface area contributed by atoms with Crippen LogP contribution in [0.25, 0.3) is 0 Å². The van der Waals surface area contributed by atoms with Crippen LogP contribution in [0.2, 0.25) is 0 Å². The summed E-state index contributed by atoms with van der Waals surface area (Å²) in [6, 6.07) is 23.5. The molecule has 34 heavy (non-hydrogen) atoms. The van der Waals surface area contributed by atoms with E-state index in [1.165, 1.54) is 23.9 Å². The molecule has 0 spiro atoms. The van der Waals surface area contributed by atoms with E-state index in [-0.39, 0.29) is 17.5 Å². The lowest BCUT2D eigenvalue weighted by Gasteiger charge is -2.40. The fraction of sp³-hybridized carbons (Fsp3) is 0.308. The van der Waals surface area contributed by atoms with E-state index >= 15 is 0 Å². The number of anilines is 2. The smallest absolute Gasteiger partial charge is 0.240 e. The monoisotopic (exact) mass is 482 g/mol. The van der Waals surface area contributed by atoms with Crippen LogP contribution in [0.3, 0.4) is 0 Å². The first kappa shape index (κ1) is 24.2. The fourth-order valence-electron chi connectivity index (χ4n) is 4.29. The molecule has 0 aromatic heterocycles. The highest BCUT2D eigenvalue weighted by molar-refractivity contribution is 7.89. The minimum absolute atomic E-state index is 0.0666. The van der Waals surface area contributed by atoms with E-state index in [4.69, 9.17) is 0 Å². The van der Waals surface area contributed by atoms with Crippen molar-refractivity contribution in [2.75, 3.05) is 56.6 Å². The van der Waals surface area contributed by atoms with Gasteiger partial charge in [-0.15, -0.1) is 0 Å². The van der Waals surface area contributed by atoms with Gasteiger partial charge in [-0.1, -0.05) is 36.4 Å². The molecule has 0 saturated carbocycles. The van der Waals surface area contributed by atoms with Crippen LogP contribution >= 0.6 is 0 Å². The molecular formula is C26H31FN4O2S. The first-order valence-corrected chi connectivity index (χ1v) is 12.9. The summed E-state index contributed by atoms with van der Waals surface area (Å²) in [6.07, 6.45) is 0. The summed E-state index contributed by atoms with van der Waals surface area (Å²) in [5.41, 5.74) is 3.32. The quantitative estimate of drug-likeness (QED) is 0.530. The molecule has 0 radical (unpaired) electrons. The Morgan fingerprint density at radius 3 is 2.21 bits per heavy atom. The number of hydrogen-bond donors (Lipinski definition) is 1. The minimum atomic E-state index is -3.84. The molecule has 1 heterocycles. The average molecular weight is 483 g/mol. The van der Waals surface area contributed by atoms with Crippen LogP contribution in [0.15, 0.2) is 83.8 Å². The van der Waals surface area contributed by atoms with Crippen LogP contribution in [0.4, 0.5) is 15.8 Å². The number of nitrogens with one attached hydrogen (secondary N) is 1.